The number of H-pyrrole nitrogens is 1. The molecule has 18 heavy (non-hydrogen) atoms. The second-order valence-electron chi connectivity index (χ2n) is 3.76. The Morgan fingerprint density at radius 2 is 2.22 bits per heavy atom. The van der Waals surface area contributed by atoms with Gasteiger partial charge in [-0.05, 0) is 17.7 Å². The Hall–Kier alpha value is -2.30. The standard InChI is InChI=1S/C13H14N2O3/c1-17-10-5-3-4-9(6-10)7-12-14-8-11(15-12)13(16)18-2/h3-6,8H,7H2,1-2H3,(H,14,15). The molecule has 0 saturated heterocycles. The Labute approximate surface area is 105 Å². The van der Waals surface area contributed by atoms with Crippen LogP contribution in [0.15, 0.2) is 30.5 Å². The highest BCUT2D eigenvalue weighted by Crippen LogP contribution is 2.15. The number of nitrogens with zero attached hydrogens (tertiary/aromatic N) is 1. The van der Waals surface area contributed by atoms with Crippen molar-refractivity contribution in [2.24, 2.45) is 0 Å². The second-order valence-corrected chi connectivity index (χ2v) is 3.76. The number of aromatic nitrogens is 2. The van der Waals surface area contributed by atoms with Crippen LogP contribution in [0.1, 0.15) is 21.9 Å². The van der Waals surface area contributed by atoms with E-state index in [4.69, 9.17) is 4.74 Å². The lowest BCUT2D eigenvalue weighted by Gasteiger charge is -2.02. The summed E-state index contributed by atoms with van der Waals surface area (Å²) in [7, 11) is 2.96. The minimum absolute atomic E-state index is 0.357. The SMILES string of the molecule is COC(=O)c1cnc(Cc2cccc(OC)c2)[nH]1. The highest BCUT2D eigenvalue weighted by molar-refractivity contribution is 5.86. The number of ether oxygens (including phenoxy) is 2. The van der Waals surface area contributed by atoms with Crippen molar-refractivity contribution in [3.05, 3.63) is 47.5 Å². The van der Waals surface area contributed by atoms with Crippen molar-refractivity contribution in [1.82, 2.24) is 9.97 Å². The van der Waals surface area contributed by atoms with Gasteiger partial charge in [-0.25, -0.2) is 9.78 Å². The Morgan fingerprint density at radius 1 is 1.39 bits per heavy atom. The van der Waals surface area contributed by atoms with Gasteiger partial charge in [0.15, 0.2) is 0 Å². The van der Waals surface area contributed by atoms with Gasteiger partial charge in [0, 0.05) is 6.42 Å². The van der Waals surface area contributed by atoms with Gasteiger partial charge in [-0.3, -0.25) is 0 Å². The molecule has 5 nitrogen and oxygen atoms in total. The fourth-order valence-electron chi connectivity index (χ4n) is 1.64. The molecule has 0 fully saturated rings. The number of nitrogens with one attached hydrogen (secondary N) is 1. The van der Waals surface area contributed by atoms with Crippen LogP contribution in [0.4, 0.5) is 0 Å². The first-order valence-corrected chi connectivity index (χ1v) is 5.48. The molecule has 0 amide bonds. The van der Waals surface area contributed by atoms with Gasteiger partial charge in [-0.1, -0.05) is 12.1 Å². The lowest BCUT2D eigenvalue weighted by molar-refractivity contribution is 0.0594. The molecule has 94 valence electrons. The number of aromatic amines is 1. The van der Waals surface area contributed by atoms with Gasteiger partial charge in [0.05, 0.1) is 20.4 Å². The molecule has 2 aromatic rings. The molecule has 5 heteroatoms. The van der Waals surface area contributed by atoms with Gasteiger partial charge >= 0.3 is 5.97 Å². The Bertz CT molecular complexity index is 549. The Balaban J connectivity index is 2.13. The number of hydrogen-bond donors (Lipinski definition) is 1. The molecule has 0 aliphatic heterocycles. The zero-order valence-electron chi connectivity index (χ0n) is 10.3. The van der Waals surface area contributed by atoms with Gasteiger partial charge in [0.25, 0.3) is 0 Å². The van der Waals surface area contributed by atoms with Crippen LogP contribution in [-0.2, 0) is 11.2 Å². The summed E-state index contributed by atoms with van der Waals surface area (Å²) in [6.45, 7) is 0. The first-order valence-electron chi connectivity index (χ1n) is 5.48. The van der Waals surface area contributed by atoms with E-state index in [2.05, 4.69) is 14.7 Å². The zero-order valence-corrected chi connectivity index (χ0v) is 10.3. The van der Waals surface area contributed by atoms with Crippen LogP contribution in [0.2, 0.25) is 0 Å². The normalized spacial score (nSPS) is 10.1. The van der Waals surface area contributed by atoms with Crippen LogP contribution in [0.3, 0.4) is 0 Å². The molecule has 1 aromatic heterocycles. The lowest BCUT2D eigenvalue weighted by Crippen LogP contribution is -2.01. The van der Waals surface area contributed by atoms with E-state index in [1.54, 1.807) is 7.11 Å². The van der Waals surface area contributed by atoms with Crippen molar-refractivity contribution in [3.63, 3.8) is 0 Å². The van der Waals surface area contributed by atoms with Crippen LogP contribution >= 0.6 is 0 Å². The van der Waals surface area contributed by atoms with Crippen molar-refractivity contribution < 1.29 is 14.3 Å². The van der Waals surface area contributed by atoms with Gasteiger partial charge in [-0.15, -0.1) is 0 Å². The summed E-state index contributed by atoms with van der Waals surface area (Å²) in [5.41, 5.74) is 1.41. The highest BCUT2D eigenvalue weighted by Gasteiger charge is 2.09. The third-order valence-corrected chi connectivity index (χ3v) is 2.54. The monoisotopic (exact) mass is 246 g/mol. The van der Waals surface area contributed by atoms with Crippen LogP contribution < -0.4 is 4.74 Å². The number of methoxy groups -OCH3 is 2. The molecule has 0 saturated carbocycles. The van der Waals surface area contributed by atoms with Crippen LogP contribution in [0.5, 0.6) is 5.75 Å². The maximum Gasteiger partial charge on any atom is 0.356 e. The summed E-state index contributed by atoms with van der Waals surface area (Å²) < 4.78 is 9.75. The number of carbonyl (C=O) groups is 1. The minimum Gasteiger partial charge on any atom is -0.497 e. The quantitative estimate of drug-likeness (QED) is 0.835. The van der Waals surface area contributed by atoms with E-state index in [1.165, 1.54) is 13.3 Å². The van der Waals surface area contributed by atoms with Crippen molar-refractivity contribution in [2.75, 3.05) is 14.2 Å². The first-order chi connectivity index (χ1) is 8.72. The maximum atomic E-state index is 11.3. The second kappa shape index (κ2) is 5.35. The number of imidazole rings is 1. The summed E-state index contributed by atoms with van der Waals surface area (Å²) in [6, 6.07) is 7.70. The topological polar surface area (TPSA) is 64.2 Å². The molecule has 1 heterocycles. The summed E-state index contributed by atoms with van der Waals surface area (Å²) >= 11 is 0. The predicted octanol–water partition coefficient (Wildman–Crippen LogP) is 1.80. The van der Waals surface area contributed by atoms with Crippen molar-refractivity contribution in [2.45, 2.75) is 6.42 Å². The van der Waals surface area contributed by atoms with Crippen molar-refractivity contribution in [1.29, 1.82) is 0 Å². The van der Waals surface area contributed by atoms with E-state index in [1.807, 2.05) is 24.3 Å². The van der Waals surface area contributed by atoms with E-state index in [0.717, 1.165) is 11.3 Å². The fourth-order valence-corrected chi connectivity index (χ4v) is 1.64. The molecule has 0 radical (unpaired) electrons. The average Bonchev–Trinajstić information content (AvgIpc) is 2.86. The van der Waals surface area contributed by atoms with Crippen molar-refractivity contribution in [3.8, 4) is 5.75 Å². The van der Waals surface area contributed by atoms with Crippen LogP contribution in [0.25, 0.3) is 0 Å². The predicted molar refractivity (Wildman–Crippen MR) is 65.7 cm³/mol. The fraction of sp³-hybridized carbons (Fsp3) is 0.231. The molecular weight excluding hydrogens is 232 g/mol. The van der Waals surface area contributed by atoms with E-state index >= 15 is 0 Å². The van der Waals surface area contributed by atoms with Gasteiger partial charge in [-0.2, -0.15) is 0 Å². The number of carbonyl (C=O) groups excluding carboxylic acids is 1. The molecule has 0 aliphatic rings. The number of hydrogen-bond acceptors (Lipinski definition) is 4. The van der Waals surface area contributed by atoms with E-state index < -0.39 is 5.97 Å². The Kier molecular flexibility index (Phi) is 3.62. The molecular formula is C13H14N2O3. The number of benzene rings is 1. The van der Waals surface area contributed by atoms with Crippen molar-refractivity contribution >= 4 is 5.97 Å². The Morgan fingerprint density at radius 3 is 2.94 bits per heavy atom. The molecule has 1 N–H and O–H groups in total. The third kappa shape index (κ3) is 2.68. The molecule has 1 aromatic carbocycles. The van der Waals surface area contributed by atoms with Crippen LogP contribution in [0, 0.1) is 0 Å². The first kappa shape index (κ1) is 12.2. The zero-order chi connectivity index (χ0) is 13.0. The van der Waals surface area contributed by atoms with Gasteiger partial charge in [0.1, 0.15) is 17.3 Å². The minimum atomic E-state index is -0.417. The van der Waals surface area contributed by atoms with Crippen LogP contribution in [-0.4, -0.2) is 30.2 Å². The summed E-state index contributed by atoms with van der Waals surface area (Å²) in [5, 5.41) is 0. The molecule has 0 aliphatic carbocycles. The molecule has 0 spiro atoms. The molecule has 0 bridgehead atoms. The number of esters is 1. The van der Waals surface area contributed by atoms with Gasteiger partial charge in [0.2, 0.25) is 0 Å². The highest BCUT2D eigenvalue weighted by atomic mass is 16.5. The van der Waals surface area contributed by atoms with E-state index in [9.17, 15) is 4.79 Å². The summed E-state index contributed by atoms with van der Waals surface area (Å²) in [5.74, 6) is 1.09. The van der Waals surface area contributed by atoms with E-state index in [0.29, 0.717) is 17.9 Å². The number of rotatable bonds is 4. The molecule has 2 rings (SSSR count). The smallest absolute Gasteiger partial charge is 0.356 e. The maximum absolute atomic E-state index is 11.3. The molecule has 0 unspecified atom stereocenters. The van der Waals surface area contributed by atoms with E-state index in [-0.39, 0.29) is 0 Å². The summed E-state index contributed by atoms with van der Waals surface area (Å²) in [4.78, 5) is 18.3. The summed E-state index contributed by atoms with van der Waals surface area (Å²) in [6.07, 6.45) is 2.08. The average molecular weight is 246 g/mol. The third-order valence-electron chi connectivity index (χ3n) is 2.54. The lowest BCUT2D eigenvalue weighted by atomic mass is 10.1. The molecule has 0 atom stereocenters. The van der Waals surface area contributed by atoms with Gasteiger partial charge < -0.3 is 14.5 Å². The largest absolute Gasteiger partial charge is 0.497 e.